The molecule has 1 heterocycles. The van der Waals surface area contributed by atoms with E-state index in [-0.39, 0.29) is 5.91 Å². The highest BCUT2D eigenvalue weighted by atomic mass is 35.5. The Morgan fingerprint density at radius 1 is 1.05 bits per heavy atom. The molecule has 1 aliphatic rings. The number of carbonyl (C=O) groups is 1. The summed E-state index contributed by atoms with van der Waals surface area (Å²) in [6.45, 7) is 1.65. The molecule has 1 aliphatic heterocycles. The largest absolute Gasteiger partial charge is 0.307 e. The van der Waals surface area contributed by atoms with E-state index in [2.05, 4.69) is 11.4 Å². The van der Waals surface area contributed by atoms with Gasteiger partial charge in [0.2, 0.25) is 5.91 Å². The second kappa shape index (κ2) is 5.65. The van der Waals surface area contributed by atoms with Gasteiger partial charge in [0.05, 0.1) is 13.1 Å². The molecule has 3 nitrogen and oxygen atoms in total. The van der Waals surface area contributed by atoms with Crippen LogP contribution in [0.15, 0.2) is 48.5 Å². The molecule has 0 radical (unpaired) electrons. The first-order valence-corrected chi connectivity index (χ1v) is 6.95. The maximum atomic E-state index is 12.3. The molecule has 0 spiro atoms. The van der Waals surface area contributed by atoms with E-state index < -0.39 is 0 Å². The Balaban J connectivity index is 1.94. The minimum atomic E-state index is 0.0879. The maximum absolute atomic E-state index is 12.3. The van der Waals surface area contributed by atoms with Crippen LogP contribution in [0.25, 0.3) is 0 Å². The van der Waals surface area contributed by atoms with Gasteiger partial charge in [-0.15, -0.1) is 0 Å². The van der Waals surface area contributed by atoms with Gasteiger partial charge in [-0.1, -0.05) is 41.9 Å². The summed E-state index contributed by atoms with van der Waals surface area (Å²) in [6.07, 6.45) is 0. The molecule has 1 amide bonds. The Labute approximate surface area is 123 Å². The molecule has 0 bridgehead atoms. The second-order valence-corrected chi connectivity index (χ2v) is 5.28. The van der Waals surface area contributed by atoms with Crippen LogP contribution in [0.5, 0.6) is 0 Å². The molecule has 0 fully saturated rings. The lowest BCUT2D eigenvalue weighted by Gasteiger charge is -2.22. The van der Waals surface area contributed by atoms with E-state index >= 15 is 0 Å². The number of hydrogen-bond donors (Lipinski definition) is 1. The lowest BCUT2D eigenvalue weighted by Crippen LogP contribution is -2.35. The first kappa shape index (κ1) is 13.2. The SMILES string of the molecule is O=C1CNCc2ccccc2N1Cc1ccc(Cl)cc1. The number of nitrogens with one attached hydrogen (secondary N) is 1. The Morgan fingerprint density at radius 3 is 2.60 bits per heavy atom. The summed E-state index contributed by atoms with van der Waals surface area (Å²) >= 11 is 5.90. The van der Waals surface area contributed by atoms with Gasteiger partial charge >= 0.3 is 0 Å². The Morgan fingerprint density at radius 2 is 1.80 bits per heavy atom. The van der Waals surface area contributed by atoms with Crippen LogP contribution in [-0.2, 0) is 17.9 Å². The van der Waals surface area contributed by atoms with E-state index in [9.17, 15) is 4.79 Å². The summed E-state index contributed by atoms with van der Waals surface area (Å²) in [5.74, 6) is 0.0879. The fourth-order valence-electron chi connectivity index (χ4n) is 2.40. The molecule has 4 heteroatoms. The zero-order valence-electron chi connectivity index (χ0n) is 11.0. The monoisotopic (exact) mass is 286 g/mol. The number of hydrogen-bond acceptors (Lipinski definition) is 2. The maximum Gasteiger partial charge on any atom is 0.241 e. The quantitative estimate of drug-likeness (QED) is 0.920. The topological polar surface area (TPSA) is 32.3 Å². The number of rotatable bonds is 2. The van der Waals surface area contributed by atoms with Crippen molar-refractivity contribution in [2.45, 2.75) is 13.1 Å². The average molecular weight is 287 g/mol. The zero-order valence-corrected chi connectivity index (χ0v) is 11.7. The molecule has 3 rings (SSSR count). The van der Waals surface area contributed by atoms with Gasteiger partial charge in [-0.2, -0.15) is 0 Å². The predicted octanol–water partition coefficient (Wildman–Crippen LogP) is 2.98. The first-order valence-electron chi connectivity index (χ1n) is 6.57. The second-order valence-electron chi connectivity index (χ2n) is 4.84. The fourth-order valence-corrected chi connectivity index (χ4v) is 2.53. The third kappa shape index (κ3) is 2.69. The molecular formula is C16H15ClN2O. The fraction of sp³-hybridized carbons (Fsp3) is 0.188. The summed E-state index contributed by atoms with van der Waals surface area (Å²) in [7, 11) is 0. The normalized spacial score (nSPS) is 14.8. The highest BCUT2D eigenvalue weighted by Gasteiger charge is 2.21. The summed E-state index contributed by atoms with van der Waals surface area (Å²) < 4.78 is 0. The van der Waals surface area contributed by atoms with Gasteiger partial charge in [-0.3, -0.25) is 4.79 Å². The van der Waals surface area contributed by atoms with Crippen LogP contribution >= 0.6 is 11.6 Å². The molecule has 0 saturated heterocycles. The van der Waals surface area contributed by atoms with Crippen LogP contribution in [-0.4, -0.2) is 12.5 Å². The molecule has 2 aromatic carbocycles. The highest BCUT2D eigenvalue weighted by Crippen LogP contribution is 2.24. The Bertz CT molecular complexity index is 625. The van der Waals surface area contributed by atoms with Crippen molar-refractivity contribution in [3.05, 3.63) is 64.7 Å². The standard InChI is InChI=1S/C16H15ClN2O/c17-14-7-5-12(6-8-14)11-19-15-4-2-1-3-13(15)9-18-10-16(19)20/h1-8,18H,9-11H2. The molecular weight excluding hydrogens is 272 g/mol. The number of halogens is 1. The van der Waals surface area contributed by atoms with Gasteiger partial charge < -0.3 is 10.2 Å². The minimum absolute atomic E-state index is 0.0879. The highest BCUT2D eigenvalue weighted by molar-refractivity contribution is 6.30. The molecule has 0 aromatic heterocycles. The molecule has 102 valence electrons. The van der Waals surface area contributed by atoms with Crippen LogP contribution in [0.4, 0.5) is 5.69 Å². The van der Waals surface area contributed by atoms with Gasteiger partial charge in [-0.05, 0) is 29.3 Å². The van der Waals surface area contributed by atoms with Crippen molar-refractivity contribution in [1.82, 2.24) is 5.32 Å². The van der Waals surface area contributed by atoms with E-state index in [0.717, 1.165) is 23.4 Å². The molecule has 1 N–H and O–H groups in total. The number of para-hydroxylation sites is 1. The van der Waals surface area contributed by atoms with E-state index in [1.54, 1.807) is 0 Å². The number of benzene rings is 2. The lowest BCUT2D eigenvalue weighted by molar-refractivity contribution is -0.117. The van der Waals surface area contributed by atoms with Crippen molar-refractivity contribution in [2.75, 3.05) is 11.4 Å². The number of nitrogens with zero attached hydrogens (tertiary/aromatic N) is 1. The molecule has 20 heavy (non-hydrogen) atoms. The summed E-state index contributed by atoms with van der Waals surface area (Å²) in [5, 5.41) is 3.87. The minimum Gasteiger partial charge on any atom is -0.307 e. The Kier molecular flexibility index (Phi) is 3.72. The van der Waals surface area contributed by atoms with Crippen molar-refractivity contribution in [2.24, 2.45) is 0 Å². The molecule has 0 unspecified atom stereocenters. The Hall–Kier alpha value is -1.84. The van der Waals surface area contributed by atoms with Gasteiger partial charge in [0.1, 0.15) is 0 Å². The third-order valence-electron chi connectivity index (χ3n) is 3.43. The van der Waals surface area contributed by atoms with Crippen molar-refractivity contribution in [1.29, 1.82) is 0 Å². The summed E-state index contributed by atoms with van der Waals surface area (Å²) in [5.41, 5.74) is 3.20. The van der Waals surface area contributed by atoms with Crippen molar-refractivity contribution >= 4 is 23.2 Å². The van der Waals surface area contributed by atoms with Gasteiger partial charge in [0.15, 0.2) is 0 Å². The summed E-state index contributed by atoms with van der Waals surface area (Å²) in [6, 6.07) is 15.6. The number of amides is 1. The smallest absolute Gasteiger partial charge is 0.241 e. The van der Waals surface area contributed by atoms with Crippen molar-refractivity contribution in [3.63, 3.8) is 0 Å². The molecule has 0 aliphatic carbocycles. The lowest BCUT2D eigenvalue weighted by atomic mass is 10.1. The van der Waals surface area contributed by atoms with Gasteiger partial charge in [0.25, 0.3) is 0 Å². The average Bonchev–Trinajstić information content (AvgIpc) is 2.62. The van der Waals surface area contributed by atoms with Crippen LogP contribution in [0, 0.1) is 0 Å². The first-order chi connectivity index (χ1) is 9.74. The van der Waals surface area contributed by atoms with Crippen LogP contribution in [0.3, 0.4) is 0 Å². The van der Waals surface area contributed by atoms with Crippen LogP contribution in [0.1, 0.15) is 11.1 Å². The van der Waals surface area contributed by atoms with E-state index in [0.29, 0.717) is 18.1 Å². The van der Waals surface area contributed by atoms with Crippen molar-refractivity contribution < 1.29 is 4.79 Å². The predicted molar refractivity (Wildman–Crippen MR) is 80.8 cm³/mol. The summed E-state index contributed by atoms with van der Waals surface area (Å²) in [4.78, 5) is 14.1. The molecule has 2 aromatic rings. The van der Waals surface area contributed by atoms with E-state index in [1.807, 2.05) is 47.4 Å². The van der Waals surface area contributed by atoms with Crippen LogP contribution < -0.4 is 10.2 Å². The van der Waals surface area contributed by atoms with Gasteiger partial charge in [0, 0.05) is 17.3 Å². The third-order valence-corrected chi connectivity index (χ3v) is 3.68. The van der Waals surface area contributed by atoms with Crippen LogP contribution in [0.2, 0.25) is 5.02 Å². The number of anilines is 1. The van der Waals surface area contributed by atoms with Gasteiger partial charge in [-0.25, -0.2) is 0 Å². The zero-order chi connectivity index (χ0) is 13.9. The molecule has 0 atom stereocenters. The van der Waals surface area contributed by atoms with E-state index in [4.69, 9.17) is 11.6 Å². The van der Waals surface area contributed by atoms with E-state index in [1.165, 1.54) is 0 Å². The van der Waals surface area contributed by atoms with Crippen molar-refractivity contribution in [3.8, 4) is 0 Å². The number of carbonyl (C=O) groups excluding carboxylic acids is 1. The number of fused-ring (bicyclic) bond motifs is 1. The molecule has 0 saturated carbocycles.